The monoisotopic (exact) mass is 280 g/mol. The Morgan fingerprint density at radius 1 is 1.21 bits per heavy atom. The van der Waals surface area contributed by atoms with Gasteiger partial charge in [0.05, 0.1) is 11.1 Å². The van der Waals surface area contributed by atoms with E-state index in [1.165, 1.54) is 6.07 Å². The van der Waals surface area contributed by atoms with Gasteiger partial charge in [-0.15, -0.1) is 0 Å². The van der Waals surface area contributed by atoms with Crippen LogP contribution in [0.2, 0.25) is 5.02 Å². The number of rotatable bonds is 4. The first-order valence-corrected chi connectivity index (χ1v) is 6.29. The van der Waals surface area contributed by atoms with Crippen LogP contribution in [0.1, 0.15) is 24.2 Å². The SMILES string of the molecule is C[C@@H](O)c1ccc(OCc2cccc(F)c2Cl)cc1. The summed E-state index contributed by atoms with van der Waals surface area (Å²) in [6, 6.07) is 11.7. The van der Waals surface area contributed by atoms with Gasteiger partial charge in [0.2, 0.25) is 0 Å². The second kappa shape index (κ2) is 6.04. The third-order valence-corrected chi connectivity index (χ3v) is 3.21. The van der Waals surface area contributed by atoms with Gasteiger partial charge < -0.3 is 9.84 Å². The summed E-state index contributed by atoms with van der Waals surface area (Å²) < 4.78 is 18.8. The molecule has 0 radical (unpaired) electrons. The molecule has 0 aliphatic carbocycles. The van der Waals surface area contributed by atoms with Crippen LogP contribution in [0, 0.1) is 5.82 Å². The zero-order valence-corrected chi connectivity index (χ0v) is 11.2. The molecule has 2 aromatic rings. The van der Waals surface area contributed by atoms with Gasteiger partial charge in [0, 0.05) is 5.56 Å². The molecule has 4 heteroatoms. The first-order valence-electron chi connectivity index (χ1n) is 5.91. The second-order valence-electron chi connectivity index (χ2n) is 4.25. The fourth-order valence-corrected chi connectivity index (χ4v) is 1.84. The van der Waals surface area contributed by atoms with Crippen molar-refractivity contribution in [1.82, 2.24) is 0 Å². The molecule has 0 spiro atoms. The largest absolute Gasteiger partial charge is 0.489 e. The van der Waals surface area contributed by atoms with Crippen LogP contribution in [-0.2, 0) is 6.61 Å². The van der Waals surface area contributed by atoms with Crippen molar-refractivity contribution in [3.8, 4) is 5.75 Å². The van der Waals surface area contributed by atoms with Crippen LogP contribution in [0.4, 0.5) is 4.39 Å². The predicted octanol–water partition coefficient (Wildman–Crippen LogP) is 4.11. The lowest BCUT2D eigenvalue weighted by Crippen LogP contribution is -1.98. The number of halogens is 2. The van der Waals surface area contributed by atoms with E-state index in [1.807, 2.05) is 0 Å². The fraction of sp³-hybridized carbons (Fsp3) is 0.200. The van der Waals surface area contributed by atoms with E-state index in [9.17, 15) is 9.50 Å². The molecule has 1 N–H and O–H groups in total. The number of hydrogen-bond acceptors (Lipinski definition) is 2. The molecular formula is C15H14ClFO2. The van der Waals surface area contributed by atoms with Gasteiger partial charge in [-0.1, -0.05) is 35.9 Å². The van der Waals surface area contributed by atoms with E-state index in [4.69, 9.17) is 16.3 Å². The highest BCUT2D eigenvalue weighted by molar-refractivity contribution is 6.31. The van der Waals surface area contributed by atoms with E-state index < -0.39 is 11.9 Å². The van der Waals surface area contributed by atoms with Gasteiger partial charge in [0.25, 0.3) is 0 Å². The van der Waals surface area contributed by atoms with Crippen LogP contribution in [0.25, 0.3) is 0 Å². The summed E-state index contributed by atoms with van der Waals surface area (Å²) >= 11 is 5.84. The normalized spacial score (nSPS) is 12.2. The zero-order chi connectivity index (χ0) is 13.8. The Morgan fingerprint density at radius 2 is 1.89 bits per heavy atom. The van der Waals surface area contributed by atoms with E-state index in [0.717, 1.165) is 5.56 Å². The highest BCUT2D eigenvalue weighted by Crippen LogP contribution is 2.22. The second-order valence-corrected chi connectivity index (χ2v) is 4.62. The molecular weight excluding hydrogens is 267 g/mol. The molecule has 2 aromatic carbocycles. The standard InChI is InChI=1S/C15H14ClFO2/c1-10(18)11-5-7-13(8-6-11)19-9-12-3-2-4-14(17)15(12)16/h2-8,10,18H,9H2,1H3/t10-/m1/s1. The van der Waals surface area contributed by atoms with E-state index in [-0.39, 0.29) is 11.6 Å². The van der Waals surface area contributed by atoms with E-state index >= 15 is 0 Å². The average molecular weight is 281 g/mol. The molecule has 0 bridgehead atoms. The first-order chi connectivity index (χ1) is 9.08. The average Bonchev–Trinajstić information content (AvgIpc) is 2.41. The summed E-state index contributed by atoms with van der Waals surface area (Å²) in [7, 11) is 0. The van der Waals surface area contributed by atoms with Crippen LogP contribution in [0.5, 0.6) is 5.75 Å². The van der Waals surface area contributed by atoms with Crippen LogP contribution >= 0.6 is 11.6 Å². The fourth-order valence-electron chi connectivity index (χ4n) is 1.66. The maximum atomic E-state index is 13.2. The third kappa shape index (κ3) is 3.46. The Labute approximate surface area is 116 Å². The summed E-state index contributed by atoms with van der Waals surface area (Å²) in [6.45, 7) is 1.90. The third-order valence-electron chi connectivity index (χ3n) is 2.79. The maximum absolute atomic E-state index is 13.2. The van der Waals surface area contributed by atoms with Gasteiger partial charge in [-0.25, -0.2) is 4.39 Å². The van der Waals surface area contributed by atoms with Gasteiger partial charge in [0.15, 0.2) is 0 Å². The molecule has 0 saturated heterocycles. The van der Waals surface area contributed by atoms with Crippen molar-refractivity contribution in [1.29, 1.82) is 0 Å². The van der Waals surface area contributed by atoms with E-state index in [2.05, 4.69) is 0 Å². The van der Waals surface area contributed by atoms with Gasteiger partial charge in [-0.2, -0.15) is 0 Å². The Bertz CT molecular complexity index is 553. The molecule has 0 aliphatic heterocycles. The molecule has 0 unspecified atom stereocenters. The number of benzene rings is 2. The van der Waals surface area contributed by atoms with Crippen LogP contribution in [-0.4, -0.2) is 5.11 Å². The molecule has 0 heterocycles. The molecule has 0 aliphatic rings. The molecule has 2 rings (SSSR count). The molecule has 0 amide bonds. The van der Waals surface area contributed by atoms with E-state index in [0.29, 0.717) is 11.3 Å². The van der Waals surface area contributed by atoms with Crippen molar-refractivity contribution in [2.45, 2.75) is 19.6 Å². The first kappa shape index (κ1) is 13.8. The molecule has 19 heavy (non-hydrogen) atoms. The molecule has 2 nitrogen and oxygen atoms in total. The summed E-state index contributed by atoms with van der Waals surface area (Å²) in [4.78, 5) is 0. The van der Waals surface area contributed by atoms with Crippen molar-refractivity contribution in [2.24, 2.45) is 0 Å². The lowest BCUT2D eigenvalue weighted by molar-refractivity contribution is 0.199. The minimum absolute atomic E-state index is 0.0862. The summed E-state index contributed by atoms with van der Waals surface area (Å²) in [5.41, 5.74) is 1.41. The quantitative estimate of drug-likeness (QED) is 0.913. The van der Waals surface area contributed by atoms with Gasteiger partial charge >= 0.3 is 0 Å². The lowest BCUT2D eigenvalue weighted by Gasteiger charge is -2.09. The van der Waals surface area contributed by atoms with Crippen LogP contribution in [0.3, 0.4) is 0 Å². The maximum Gasteiger partial charge on any atom is 0.142 e. The zero-order valence-electron chi connectivity index (χ0n) is 10.4. The molecule has 100 valence electrons. The molecule has 1 atom stereocenters. The molecule has 0 fully saturated rings. The summed E-state index contributed by atoms with van der Waals surface area (Å²) in [5, 5.41) is 9.48. The Kier molecular flexibility index (Phi) is 4.40. The van der Waals surface area contributed by atoms with Crippen molar-refractivity contribution in [2.75, 3.05) is 0 Å². The Balaban J connectivity index is 2.04. The van der Waals surface area contributed by atoms with Crippen molar-refractivity contribution >= 4 is 11.6 Å². The van der Waals surface area contributed by atoms with Gasteiger partial charge in [-0.05, 0) is 30.7 Å². The van der Waals surface area contributed by atoms with Crippen molar-refractivity contribution < 1.29 is 14.2 Å². The van der Waals surface area contributed by atoms with Gasteiger partial charge in [-0.3, -0.25) is 0 Å². The van der Waals surface area contributed by atoms with Crippen molar-refractivity contribution in [3.05, 3.63) is 64.4 Å². The smallest absolute Gasteiger partial charge is 0.142 e. The summed E-state index contributed by atoms with van der Waals surface area (Å²) in [5.74, 6) is 0.192. The summed E-state index contributed by atoms with van der Waals surface area (Å²) in [6.07, 6.45) is -0.508. The van der Waals surface area contributed by atoms with Crippen LogP contribution in [0.15, 0.2) is 42.5 Å². The van der Waals surface area contributed by atoms with Crippen molar-refractivity contribution in [3.63, 3.8) is 0 Å². The number of hydrogen-bond donors (Lipinski definition) is 1. The minimum atomic E-state index is -0.508. The van der Waals surface area contributed by atoms with E-state index in [1.54, 1.807) is 43.3 Å². The number of aliphatic hydroxyl groups is 1. The highest BCUT2D eigenvalue weighted by atomic mass is 35.5. The lowest BCUT2D eigenvalue weighted by atomic mass is 10.1. The molecule has 0 aromatic heterocycles. The highest BCUT2D eigenvalue weighted by Gasteiger charge is 2.06. The number of ether oxygens (including phenoxy) is 1. The Morgan fingerprint density at radius 3 is 2.53 bits per heavy atom. The number of aliphatic hydroxyl groups excluding tert-OH is 1. The molecule has 0 saturated carbocycles. The van der Waals surface area contributed by atoms with Gasteiger partial charge in [0.1, 0.15) is 18.2 Å². The van der Waals surface area contributed by atoms with Crippen LogP contribution < -0.4 is 4.74 Å². The Hall–Kier alpha value is -1.58. The minimum Gasteiger partial charge on any atom is -0.489 e. The topological polar surface area (TPSA) is 29.5 Å². The predicted molar refractivity (Wildman–Crippen MR) is 72.8 cm³/mol.